The van der Waals surface area contributed by atoms with Crippen molar-refractivity contribution in [2.75, 3.05) is 53.0 Å². The molecule has 0 aromatic heterocycles. The van der Waals surface area contributed by atoms with Gasteiger partial charge in [0.15, 0.2) is 0 Å². The number of nitrogens with one attached hydrogen (secondary N) is 1. The highest BCUT2D eigenvalue weighted by atomic mass is 16.5. The average Bonchev–Trinajstić information content (AvgIpc) is 2.73. The molecule has 0 atom stereocenters. The van der Waals surface area contributed by atoms with Gasteiger partial charge in [-0.05, 0) is 42.3 Å². The van der Waals surface area contributed by atoms with Gasteiger partial charge in [0.2, 0.25) is 5.91 Å². The van der Waals surface area contributed by atoms with Crippen molar-refractivity contribution in [1.82, 2.24) is 15.1 Å². The first-order valence-corrected chi connectivity index (χ1v) is 10.2. The highest BCUT2D eigenvalue weighted by molar-refractivity contribution is 5.78. The SMILES string of the molecule is COc1ccc(CN2CCN(CC(=O)NCCOc3cccc(C)c3)CC2)cc1. The highest BCUT2D eigenvalue weighted by Gasteiger charge is 2.18. The lowest BCUT2D eigenvalue weighted by Crippen LogP contribution is -2.49. The van der Waals surface area contributed by atoms with Crippen molar-refractivity contribution < 1.29 is 14.3 Å². The molecule has 0 radical (unpaired) electrons. The second kappa shape index (κ2) is 10.8. The van der Waals surface area contributed by atoms with Crippen molar-refractivity contribution in [3.05, 3.63) is 59.7 Å². The molecule has 0 bridgehead atoms. The summed E-state index contributed by atoms with van der Waals surface area (Å²) in [6, 6.07) is 16.1. The minimum atomic E-state index is 0.0569. The fraction of sp³-hybridized carbons (Fsp3) is 0.435. The molecule has 0 aliphatic carbocycles. The Bertz CT molecular complexity index is 771. The van der Waals surface area contributed by atoms with E-state index in [1.54, 1.807) is 7.11 Å². The van der Waals surface area contributed by atoms with Crippen LogP contribution in [0, 0.1) is 6.92 Å². The van der Waals surface area contributed by atoms with Crippen LogP contribution in [0.1, 0.15) is 11.1 Å². The van der Waals surface area contributed by atoms with Crippen LogP contribution in [0.25, 0.3) is 0 Å². The van der Waals surface area contributed by atoms with Crippen LogP contribution in [-0.4, -0.2) is 68.7 Å². The summed E-state index contributed by atoms with van der Waals surface area (Å²) in [5, 5.41) is 2.95. The lowest BCUT2D eigenvalue weighted by atomic mass is 10.2. The third-order valence-corrected chi connectivity index (χ3v) is 5.08. The summed E-state index contributed by atoms with van der Waals surface area (Å²) in [5.41, 5.74) is 2.45. The van der Waals surface area contributed by atoms with Crippen LogP contribution in [0.2, 0.25) is 0 Å². The summed E-state index contributed by atoms with van der Waals surface area (Å²) in [4.78, 5) is 16.8. The number of rotatable bonds is 9. The summed E-state index contributed by atoms with van der Waals surface area (Å²) in [5.74, 6) is 1.78. The van der Waals surface area contributed by atoms with Gasteiger partial charge in [0.25, 0.3) is 0 Å². The van der Waals surface area contributed by atoms with Crippen LogP contribution in [0.4, 0.5) is 0 Å². The molecule has 6 nitrogen and oxygen atoms in total. The second-order valence-corrected chi connectivity index (χ2v) is 7.42. The zero-order valence-electron chi connectivity index (χ0n) is 17.4. The summed E-state index contributed by atoms with van der Waals surface area (Å²) >= 11 is 0. The summed E-state index contributed by atoms with van der Waals surface area (Å²) in [6.45, 7) is 8.15. The standard InChI is InChI=1S/C23H31N3O3/c1-19-4-3-5-22(16-19)29-15-10-24-23(27)18-26-13-11-25(12-14-26)17-20-6-8-21(28-2)9-7-20/h3-9,16H,10-15,17-18H2,1-2H3,(H,24,27). The van der Waals surface area contributed by atoms with E-state index in [-0.39, 0.29) is 5.91 Å². The molecule has 156 valence electrons. The van der Waals surface area contributed by atoms with E-state index in [0.717, 1.165) is 49.8 Å². The Kier molecular flexibility index (Phi) is 7.90. The molecule has 1 heterocycles. The largest absolute Gasteiger partial charge is 0.497 e. The number of carbonyl (C=O) groups excluding carboxylic acids is 1. The zero-order valence-corrected chi connectivity index (χ0v) is 17.4. The average molecular weight is 398 g/mol. The third kappa shape index (κ3) is 7.07. The number of hydrogen-bond acceptors (Lipinski definition) is 5. The van der Waals surface area contributed by atoms with E-state index in [4.69, 9.17) is 9.47 Å². The van der Waals surface area contributed by atoms with Gasteiger partial charge in [-0.15, -0.1) is 0 Å². The molecular weight excluding hydrogens is 366 g/mol. The van der Waals surface area contributed by atoms with E-state index in [1.807, 2.05) is 43.3 Å². The predicted molar refractivity (Wildman–Crippen MR) is 114 cm³/mol. The third-order valence-electron chi connectivity index (χ3n) is 5.08. The number of benzene rings is 2. The Morgan fingerprint density at radius 1 is 1.00 bits per heavy atom. The minimum Gasteiger partial charge on any atom is -0.497 e. The normalized spacial score (nSPS) is 15.1. The van der Waals surface area contributed by atoms with Gasteiger partial charge in [0, 0.05) is 32.7 Å². The molecular formula is C23H31N3O3. The van der Waals surface area contributed by atoms with Gasteiger partial charge in [-0.25, -0.2) is 0 Å². The van der Waals surface area contributed by atoms with Gasteiger partial charge in [-0.2, -0.15) is 0 Å². The monoisotopic (exact) mass is 397 g/mol. The van der Waals surface area contributed by atoms with Gasteiger partial charge in [0.05, 0.1) is 20.2 Å². The molecule has 1 amide bonds. The number of carbonyl (C=O) groups is 1. The van der Waals surface area contributed by atoms with E-state index in [1.165, 1.54) is 5.56 Å². The van der Waals surface area contributed by atoms with Crippen LogP contribution < -0.4 is 14.8 Å². The number of piperazine rings is 1. The van der Waals surface area contributed by atoms with E-state index >= 15 is 0 Å². The van der Waals surface area contributed by atoms with E-state index in [0.29, 0.717) is 19.7 Å². The lowest BCUT2D eigenvalue weighted by Gasteiger charge is -2.34. The molecule has 3 rings (SSSR count). The number of methoxy groups -OCH3 is 1. The van der Waals surface area contributed by atoms with Crippen molar-refractivity contribution in [3.63, 3.8) is 0 Å². The number of amides is 1. The predicted octanol–water partition coefficient (Wildman–Crippen LogP) is 2.32. The quantitative estimate of drug-likeness (QED) is 0.658. The fourth-order valence-corrected chi connectivity index (χ4v) is 3.42. The lowest BCUT2D eigenvalue weighted by molar-refractivity contribution is -0.122. The molecule has 0 unspecified atom stereocenters. The first kappa shape index (κ1) is 21.1. The molecule has 1 saturated heterocycles. The van der Waals surface area contributed by atoms with Gasteiger partial charge >= 0.3 is 0 Å². The first-order valence-electron chi connectivity index (χ1n) is 10.2. The number of aryl methyl sites for hydroxylation is 1. The minimum absolute atomic E-state index is 0.0569. The van der Waals surface area contributed by atoms with Crippen molar-refractivity contribution >= 4 is 5.91 Å². The molecule has 2 aromatic rings. The molecule has 2 aromatic carbocycles. The first-order chi connectivity index (χ1) is 14.1. The number of hydrogen-bond donors (Lipinski definition) is 1. The number of ether oxygens (including phenoxy) is 2. The van der Waals surface area contributed by atoms with Crippen molar-refractivity contribution in [3.8, 4) is 11.5 Å². The van der Waals surface area contributed by atoms with Gasteiger partial charge in [-0.3, -0.25) is 14.6 Å². The maximum absolute atomic E-state index is 12.2. The maximum atomic E-state index is 12.2. The van der Waals surface area contributed by atoms with Gasteiger partial charge in [0.1, 0.15) is 18.1 Å². The Balaban J connectivity index is 1.30. The molecule has 1 fully saturated rings. The Morgan fingerprint density at radius 3 is 2.41 bits per heavy atom. The maximum Gasteiger partial charge on any atom is 0.234 e. The van der Waals surface area contributed by atoms with Gasteiger partial charge in [-0.1, -0.05) is 24.3 Å². The van der Waals surface area contributed by atoms with E-state index in [2.05, 4.69) is 27.2 Å². The van der Waals surface area contributed by atoms with Crippen molar-refractivity contribution in [1.29, 1.82) is 0 Å². The molecule has 0 spiro atoms. The molecule has 6 heteroatoms. The molecule has 1 aliphatic rings. The Morgan fingerprint density at radius 2 is 1.72 bits per heavy atom. The van der Waals surface area contributed by atoms with Crippen molar-refractivity contribution in [2.45, 2.75) is 13.5 Å². The fourth-order valence-electron chi connectivity index (χ4n) is 3.42. The Labute approximate surface area is 173 Å². The van der Waals surface area contributed by atoms with E-state index in [9.17, 15) is 4.79 Å². The molecule has 29 heavy (non-hydrogen) atoms. The second-order valence-electron chi connectivity index (χ2n) is 7.42. The van der Waals surface area contributed by atoms with Crippen LogP contribution in [0.5, 0.6) is 11.5 Å². The van der Waals surface area contributed by atoms with Crippen LogP contribution >= 0.6 is 0 Å². The van der Waals surface area contributed by atoms with Crippen LogP contribution in [0.15, 0.2) is 48.5 Å². The molecule has 1 aliphatic heterocycles. The van der Waals surface area contributed by atoms with Gasteiger partial charge < -0.3 is 14.8 Å². The summed E-state index contributed by atoms with van der Waals surface area (Å²) < 4.78 is 10.9. The summed E-state index contributed by atoms with van der Waals surface area (Å²) in [6.07, 6.45) is 0. The van der Waals surface area contributed by atoms with Crippen molar-refractivity contribution in [2.24, 2.45) is 0 Å². The number of nitrogens with zero attached hydrogens (tertiary/aromatic N) is 2. The van der Waals surface area contributed by atoms with E-state index < -0.39 is 0 Å². The Hall–Kier alpha value is -2.57. The molecule has 1 N–H and O–H groups in total. The smallest absolute Gasteiger partial charge is 0.234 e. The van der Waals surface area contributed by atoms with Crippen LogP contribution in [0.3, 0.4) is 0 Å². The zero-order chi connectivity index (χ0) is 20.5. The highest BCUT2D eigenvalue weighted by Crippen LogP contribution is 2.14. The topological polar surface area (TPSA) is 54.0 Å². The molecule has 0 saturated carbocycles. The van der Waals surface area contributed by atoms with Crippen LogP contribution in [-0.2, 0) is 11.3 Å². The summed E-state index contributed by atoms with van der Waals surface area (Å²) in [7, 11) is 1.68.